The van der Waals surface area contributed by atoms with E-state index in [-0.39, 0.29) is 11.6 Å². The van der Waals surface area contributed by atoms with Crippen molar-refractivity contribution in [2.75, 3.05) is 6.61 Å². The van der Waals surface area contributed by atoms with E-state index in [9.17, 15) is 0 Å². The van der Waals surface area contributed by atoms with Crippen molar-refractivity contribution in [1.29, 1.82) is 0 Å². The average Bonchev–Trinajstić information content (AvgIpc) is 2.61. The van der Waals surface area contributed by atoms with Gasteiger partial charge in [0, 0.05) is 18.3 Å². The van der Waals surface area contributed by atoms with Gasteiger partial charge in [0.05, 0.1) is 24.4 Å². The van der Waals surface area contributed by atoms with Crippen molar-refractivity contribution in [1.82, 2.24) is 9.78 Å². The van der Waals surface area contributed by atoms with Crippen molar-refractivity contribution >= 4 is 0 Å². The molecule has 0 aliphatic heterocycles. The molecule has 86 valence electrons. The summed E-state index contributed by atoms with van der Waals surface area (Å²) in [5.74, 6) is 0. The van der Waals surface area contributed by atoms with Gasteiger partial charge < -0.3 is 10.5 Å². The molecule has 0 radical (unpaired) electrons. The van der Waals surface area contributed by atoms with Gasteiger partial charge in [-0.2, -0.15) is 5.10 Å². The van der Waals surface area contributed by atoms with E-state index in [4.69, 9.17) is 10.5 Å². The number of rotatable bonds is 4. The van der Waals surface area contributed by atoms with E-state index in [1.54, 1.807) is 6.20 Å². The van der Waals surface area contributed by atoms with Gasteiger partial charge in [-0.1, -0.05) is 0 Å². The highest BCUT2D eigenvalue weighted by atomic mass is 16.5. The standard InChI is InChI=1S/C11H21N3O/c1-5-14-7-9(6-13-14)10(12)8-15-11(2,3)4/h6-7,10H,5,8,12H2,1-4H3. The zero-order valence-electron chi connectivity index (χ0n) is 10.0. The summed E-state index contributed by atoms with van der Waals surface area (Å²) < 4.78 is 7.49. The van der Waals surface area contributed by atoms with E-state index >= 15 is 0 Å². The Morgan fingerprint density at radius 3 is 2.67 bits per heavy atom. The Balaban J connectivity index is 2.50. The van der Waals surface area contributed by atoms with Crippen LogP contribution in [-0.2, 0) is 11.3 Å². The Morgan fingerprint density at radius 1 is 1.53 bits per heavy atom. The molecule has 1 aromatic rings. The fourth-order valence-electron chi connectivity index (χ4n) is 1.18. The summed E-state index contributed by atoms with van der Waals surface area (Å²) in [5.41, 5.74) is 6.88. The van der Waals surface area contributed by atoms with Gasteiger partial charge in [-0.05, 0) is 27.7 Å². The van der Waals surface area contributed by atoms with Crippen LogP contribution in [0.2, 0.25) is 0 Å². The Labute approximate surface area is 91.4 Å². The lowest BCUT2D eigenvalue weighted by Gasteiger charge is -2.21. The van der Waals surface area contributed by atoms with Gasteiger partial charge in [-0.15, -0.1) is 0 Å². The van der Waals surface area contributed by atoms with Crippen molar-refractivity contribution in [3.63, 3.8) is 0 Å². The predicted molar refractivity (Wildman–Crippen MR) is 60.5 cm³/mol. The fraction of sp³-hybridized carbons (Fsp3) is 0.727. The lowest BCUT2D eigenvalue weighted by molar-refractivity contribution is -0.0102. The molecule has 15 heavy (non-hydrogen) atoms. The minimum absolute atomic E-state index is 0.0930. The first-order valence-corrected chi connectivity index (χ1v) is 5.34. The molecular weight excluding hydrogens is 190 g/mol. The second kappa shape index (κ2) is 4.77. The van der Waals surface area contributed by atoms with Crippen LogP contribution in [0.1, 0.15) is 39.3 Å². The van der Waals surface area contributed by atoms with E-state index < -0.39 is 0 Å². The highest BCUT2D eigenvalue weighted by molar-refractivity contribution is 5.09. The van der Waals surface area contributed by atoms with E-state index in [0.29, 0.717) is 6.61 Å². The fourth-order valence-corrected chi connectivity index (χ4v) is 1.18. The largest absolute Gasteiger partial charge is 0.374 e. The minimum atomic E-state index is -0.141. The molecule has 0 amide bonds. The normalized spacial score (nSPS) is 14.2. The third kappa shape index (κ3) is 4.01. The molecule has 1 atom stereocenters. The van der Waals surface area contributed by atoms with Crippen LogP contribution >= 0.6 is 0 Å². The molecule has 4 nitrogen and oxygen atoms in total. The summed E-state index contributed by atoms with van der Waals surface area (Å²) in [6.45, 7) is 9.51. The molecule has 0 aliphatic rings. The summed E-state index contributed by atoms with van der Waals surface area (Å²) in [6, 6.07) is -0.0930. The van der Waals surface area contributed by atoms with Crippen LogP contribution in [0.5, 0.6) is 0 Å². The van der Waals surface area contributed by atoms with E-state index in [0.717, 1.165) is 12.1 Å². The van der Waals surface area contributed by atoms with Crippen LogP contribution in [0, 0.1) is 0 Å². The van der Waals surface area contributed by atoms with Gasteiger partial charge >= 0.3 is 0 Å². The van der Waals surface area contributed by atoms with Crippen molar-refractivity contribution in [3.8, 4) is 0 Å². The summed E-state index contributed by atoms with van der Waals surface area (Å²) in [4.78, 5) is 0. The zero-order chi connectivity index (χ0) is 11.5. The molecule has 2 N–H and O–H groups in total. The molecule has 1 aromatic heterocycles. The van der Waals surface area contributed by atoms with Crippen molar-refractivity contribution in [3.05, 3.63) is 18.0 Å². The molecule has 1 unspecified atom stereocenters. The molecule has 0 spiro atoms. The van der Waals surface area contributed by atoms with E-state index in [2.05, 4.69) is 5.10 Å². The molecule has 4 heteroatoms. The van der Waals surface area contributed by atoms with Crippen LogP contribution in [0.15, 0.2) is 12.4 Å². The molecule has 0 aliphatic carbocycles. The molecule has 0 saturated carbocycles. The zero-order valence-corrected chi connectivity index (χ0v) is 10.0. The first kappa shape index (κ1) is 12.2. The number of aryl methyl sites for hydroxylation is 1. The second-order valence-electron chi connectivity index (χ2n) is 4.66. The van der Waals surface area contributed by atoms with Gasteiger partial charge in [0.15, 0.2) is 0 Å². The summed E-state index contributed by atoms with van der Waals surface area (Å²) in [7, 11) is 0. The molecule has 0 fully saturated rings. The Morgan fingerprint density at radius 2 is 2.20 bits per heavy atom. The maximum Gasteiger partial charge on any atom is 0.0667 e. The van der Waals surface area contributed by atoms with Crippen LogP contribution in [0.3, 0.4) is 0 Å². The Hall–Kier alpha value is -0.870. The van der Waals surface area contributed by atoms with Gasteiger partial charge in [0.1, 0.15) is 0 Å². The molecular formula is C11H21N3O. The first-order chi connectivity index (χ1) is 6.92. The SMILES string of the molecule is CCn1cc(C(N)COC(C)(C)C)cn1. The number of hydrogen-bond acceptors (Lipinski definition) is 3. The van der Waals surface area contributed by atoms with Crippen molar-refractivity contribution in [2.24, 2.45) is 5.73 Å². The first-order valence-electron chi connectivity index (χ1n) is 5.34. The van der Waals surface area contributed by atoms with Crippen LogP contribution in [-0.4, -0.2) is 22.0 Å². The van der Waals surface area contributed by atoms with E-state index in [1.165, 1.54) is 0 Å². The number of nitrogens with two attached hydrogens (primary N) is 1. The summed E-state index contributed by atoms with van der Waals surface area (Å²) in [5, 5.41) is 4.18. The number of hydrogen-bond donors (Lipinski definition) is 1. The van der Waals surface area contributed by atoms with Gasteiger partial charge in [0.2, 0.25) is 0 Å². The molecule has 1 heterocycles. The Bertz CT molecular complexity index is 301. The highest BCUT2D eigenvalue weighted by Crippen LogP contribution is 2.14. The number of ether oxygens (including phenoxy) is 1. The third-order valence-electron chi connectivity index (χ3n) is 2.10. The van der Waals surface area contributed by atoms with Gasteiger partial charge in [-0.3, -0.25) is 4.68 Å². The van der Waals surface area contributed by atoms with Gasteiger partial charge in [-0.25, -0.2) is 0 Å². The van der Waals surface area contributed by atoms with Crippen LogP contribution in [0.25, 0.3) is 0 Å². The van der Waals surface area contributed by atoms with Crippen molar-refractivity contribution < 1.29 is 4.74 Å². The highest BCUT2D eigenvalue weighted by Gasteiger charge is 2.14. The number of aromatic nitrogens is 2. The molecule has 0 saturated heterocycles. The van der Waals surface area contributed by atoms with Gasteiger partial charge in [0.25, 0.3) is 0 Å². The maximum atomic E-state index is 5.99. The number of nitrogens with zero attached hydrogens (tertiary/aromatic N) is 2. The molecule has 0 aromatic carbocycles. The predicted octanol–water partition coefficient (Wildman–Crippen LogP) is 1.72. The van der Waals surface area contributed by atoms with Crippen LogP contribution in [0.4, 0.5) is 0 Å². The van der Waals surface area contributed by atoms with Crippen LogP contribution < -0.4 is 5.73 Å². The minimum Gasteiger partial charge on any atom is -0.374 e. The summed E-state index contributed by atoms with van der Waals surface area (Å²) in [6.07, 6.45) is 3.77. The molecule has 0 bridgehead atoms. The quantitative estimate of drug-likeness (QED) is 0.825. The third-order valence-corrected chi connectivity index (χ3v) is 2.10. The summed E-state index contributed by atoms with van der Waals surface area (Å²) >= 11 is 0. The Kier molecular flexibility index (Phi) is 3.88. The lowest BCUT2D eigenvalue weighted by Crippen LogP contribution is -2.26. The second-order valence-corrected chi connectivity index (χ2v) is 4.66. The topological polar surface area (TPSA) is 53.1 Å². The monoisotopic (exact) mass is 211 g/mol. The maximum absolute atomic E-state index is 5.99. The lowest BCUT2D eigenvalue weighted by atomic mass is 10.1. The molecule has 1 rings (SSSR count). The average molecular weight is 211 g/mol. The van der Waals surface area contributed by atoms with E-state index in [1.807, 2.05) is 38.6 Å². The van der Waals surface area contributed by atoms with Crippen molar-refractivity contribution in [2.45, 2.75) is 45.9 Å². The smallest absolute Gasteiger partial charge is 0.0667 e.